The summed E-state index contributed by atoms with van der Waals surface area (Å²) in [7, 11) is -3.05. The Morgan fingerprint density at radius 1 is 1.28 bits per heavy atom. The summed E-state index contributed by atoms with van der Waals surface area (Å²) in [4.78, 5) is 27.9. The molecule has 2 heterocycles. The number of sulfonamides is 1. The smallest absolute Gasteiger partial charge is 0.407 e. The van der Waals surface area contributed by atoms with Gasteiger partial charge in [0.25, 0.3) is 0 Å². The molecule has 0 saturated heterocycles. The molecule has 0 radical (unpaired) electrons. The Hall–Kier alpha value is -3.88. The summed E-state index contributed by atoms with van der Waals surface area (Å²) in [6, 6.07) is 4.33. The molecule has 0 spiro atoms. The van der Waals surface area contributed by atoms with Gasteiger partial charge in [-0.2, -0.15) is 0 Å². The molecule has 2 unspecified atom stereocenters. The van der Waals surface area contributed by atoms with E-state index in [9.17, 15) is 17.6 Å². The van der Waals surface area contributed by atoms with E-state index in [4.69, 9.17) is 16.6 Å². The minimum absolute atomic E-state index is 0.0362. The van der Waals surface area contributed by atoms with Crippen molar-refractivity contribution >= 4 is 39.2 Å². The molecule has 1 fully saturated rings. The summed E-state index contributed by atoms with van der Waals surface area (Å²) >= 11 is 6.42. The first-order valence-electron chi connectivity index (χ1n) is 13.5. The van der Waals surface area contributed by atoms with Gasteiger partial charge in [-0.15, -0.1) is 0 Å². The number of allylic oxidation sites excluding steroid dienone is 2. The van der Waals surface area contributed by atoms with Crippen LogP contribution in [0.25, 0.3) is 17.0 Å². The van der Waals surface area contributed by atoms with Crippen LogP contribution in [-0.4, -0.2) is 65.9 Å². The average molecular weight is 634 g/mol. The van der Waals surface area contributed by atoms with E-state index in [0.29, 0.717) is 23.8 Å². The van der Waals surface area contributed by atoms with Gasteiger partial charge in [0.2, 0.25) is 16.0 Å². The second-order valence-electron chi connectivity index (χ2n) is 10.5. The van der Waals surface area contributed by atoms with Crippen LogP contribution in [0.5, 0.6) is 0 Å². The Morgan fingerprint density at radius 2 is 2.05 bits per heavy atom. The third-order valence-corrected chi connectivity index (χ3v) is 8.75. The standard InChI is InChI=1S/C28H30ClF2N7O4S/c1-15(34-27(39)42-3)14-33-26-32-10-9-21(35-26)24-23(36-25(37-24)16-7-8-16)20-11-17(29)12-22(28(20,2)31)38-43(40,41)19-6-4-5-18(30)13-19/h4-6,9-13,15-16,22,38H,7-8,14H2,1-3H3,(H,34,39)(H,36,37)(H,32,33,35)/t15-,22?,28?/m0/s1. The van der Waals surface area contributed by atoms with Crippen LogP contribution in [0.3, 0.4) is 0 Å². The Labute approximate surface area is 252 Å². The molecule has 3 aromatic rings. The Bertz CT molecular complexity index is 1710. The number of aromatic amines is 1. The molecule has 1 aromatic carbocycles. The fourth-order valence-electron chi connectivity index (χ4n) is 4.58. The SMILES string of the molecule is COC(=O)N[C@@H](C)CNc1nccc(-c2[nH]c(C3CC3)nc2C2=CC(Cl)=CC(NS(=O)(=O)c3cccc(F)c3)C2(C)F)n1. The molecule has 11 nitrogen and oxygen atoms in total. The molecule has 2 aromatic heterocycles. The highest BCUT2D eigenvalue weighted by Gasteiger charge is 2.45. The van der Waals surface area contributed by atoms with Crippen molar-refractivity contribution in [1.82, 2.24) is 30.0 Å². The van der Waals surface area contributed by atoms with Gasteiger partial charge in [0.1, 0.15) is 11.6 Å². The fourth-order valence-corrected chi connectivity index (χ4v) is 6.11. The summed E-state index contributed by atoms with van der Waals surface area (Å²) in [5.41, 5.74) is -1.26. The zero-order valence-corrected chi connectivity index (χ0v) is 25.1. The highest BCUT2D eigenvalue weighted by Crippen LogP contribution is 2.45. The molecule has 4 N–H and O–H groups in total. The van der Waals surface area contributed by atoms with E-state index in [0.717, 1.165) is 25.0 Å². The molecule has 0 aliphatic heterocycles. The normalized spacial score (nSPS) is 21.0. The molecule has 43 heavy (non-hydrogen) atoms. The third-order valence-electron chi connectivity index (χ3n) is 7.08. The predicted octanol–water partition coefficient (Wildman–Crippen LogP) is 4.63. The number of methoxy groups -OCH3 is 1. The number of amides is 1. The number of hydrogen-bond acceptors (Lipinski definition) is 8. The van der Waals surface area contributed by atoms with Crippen molar-refractivity contribution < 1.29 is 26.7 Å². The van der Waals surface area contributed by atoms with Gasteiger partial charge in [0, 0.05) is 35.3 Å². The summed E-state index contributed by atoms with van der Waals surface area (Å²) in [6.07, 6.45) is 5.44. The molecule has 228 valence electrons. The highest BCUT2D eigenvalue weighted by molar-refractivity contribution is 7.89. The van der Waals surface area contributed by atoms with E-state index >= 15 is 4.39 Å². The van der Waals surface area contributed by atoms with Crippen molar-refractivity contribution in [3.63, 3.8) is 0 Å². The molecule has 1 amide bonds. The number of H-pyrrole nitrogens is 1. The molecule has 5 rings (SSSR count). The van der Waals surface area contributed by atoms with E-state index < -0.39 is 33.6 Å². The van der Waals surface area contributed by atoms with E-state index in [-0.39, 0.29) is 39.1 Å². The van der Waals surface area contributed by atoms with Crippen LogP contribution in [0, 0.1) is 5.82 Å². The van der Waals surface area contributed by atoms with Crippen LogP contribution >= 0.6 is 11.6 Å². The van der Waals surface area contributed by atoms with Crippen molar-refractivity contribution in [2.75, 3.05) is 19.0 Å². The number of halogens is 3. The molecule has 15 heteroatoms. The Morgan fingerprint density at radius 3 is 2.74 bits per heavy atom. The van der Waals surface area contributed by atoms with Gasteiger partial charge in [0.05, 0.1) is 35.1 Å². The molecule has 0 bridgehead atoms. The molecule has 2 aliphatic carbocycles. The summed E-state index contributed by atoms with van der Waals surface area (Å²) in [6.45, 7) is 3.30. The minimum atomic E-state index is -4.32. The van der Waals surface area contributed by atoms with E-state index in [1.807, 2.05) is 0 Å². The first-order chi connectivity index (χ1) is 20.4. The van der Waals surface area contributed by atoms with Gasteiger partial charge in [-0.05, 0) is 63.1 Å². The maximum atomic E-state index is 16.8. The number of imidazole rings is 1. The lowest BCUT2D eigenvalue weighted by Crippen LogP contribution is -2.49. The second-order valence-corrected chi connectivity index (χ2v) is 12.7. The molecule has 1 saturated carbocycles. The first-order valence-corrected chi connectivity index (χ1v) is 15.3. The highest BCUT2D eigenvalue weighted by atomic mass is 35.5. The molecular weight excluding hydrogens is 604 g/mol. The van der Waals surface area contributed by atoms with Crippen LogP contribution in [-0.2, 0) is 14.8 Å². The number of carbonyl (C=O) groups excluding carboxylic acids is 1. The van der Waals surface area contributed by atoms with Crippen LogP contribution < -0.4 is 15.4 Å². The number of nitrogens with zero attached hydrogens (tertiary/aromatic N) is 3. The van der Waals surface area contributed by atoms with Crippen LogP contribution in [0.4, 0.5) is 19.5 Å². The molecule has 2 aliphatic rings. The van der Waals surface area contributed by atoms with Gasteiger partial charge in [0.15, 0.2) is 5.67 Å². The topological polar surface area (TPSA) is 151 Å². The summed E-state index contributed by atoms with van der Waals surface area (Å²) in [5.74, 6) is 0.322. The number of alkyl halides is 1. The van der Waals surface area contributed by atoms with Crippen molar-refractivity contribution in [3.05, 3.63) is 71.0 Å². The monoisotopic (exact) mass is 633 g/mol. The number of benzene rings is 1. The second kappa shape index (κ2) is 12.0. The Kier molecular flexibility index (Phi) is 8.54. The quantitative estimate of drug-likeness (QED) is 0.252. The number of carbonyl (C=O) groups is 1. The number of anilines is 1. The van der Waals surface area contributed by atoms with Gasteiger partial charge in [-0.25, -0.2) is 41.7 Å². The largest absolute Gasteiger partial charge is 0.453 e. The zero-order chi connectivity index (χ0) is 30.9. The van der Waals surface area contributed by atoms with Crippen LogP contribution in [0.2, 0.25) is 0 Å². The van der Waals surface area contributed by atoms with Crippen molar-refractivity contribution in [2.24, 2.45) is 0 Å². The zero-order valence-electron chi connectivity index (χ0n) is 23.5. The van der Waals surface area contributed by atoms with E-state index in [2.05, 4.69) is 35.0 Å². The number of aromatic nitrogens is 4. The first kappa shape index (κ1) is 30.6. The summed E-state index contributed by atoms with van der Waals surface area (Å²) < 4.78 is 63.7. The maximum absolute atomic E-state index is 16.8. The van der Waals surface area contributed by atoms with Crippen molar-refractivity contribution in [1.29, 1.82) is 0 Å². The predicted molar refractivity (Wildman–Crippen MR) is 157 cm³/mol. The number of rotatable bonds is 10. The van der Waals surface area contributed by atoms with Gasteiger partial charge in [-0.3, -0.25) is 0 Å². The van der Waals surface area contributed by atoms with Crippen molar-refractivity contribution in [2.45, 2.75) is 55.3 Å². The van der Waals surface area contributed by atoms with E-state index in [1.54, 1.807) is 13.0 Å². The van der Waals surface area contributed by atoms with E-state index in [1.165, 1.54) is 44.5 Å². The number of hydrogen-bond donors (Lipinski definition) is 4. The Balaban J connectivity index is 1.47. The summed E-state index contributed by atoms with van der Waals surface area (Å²) in [5, 5.41) is 5.78. The number of alkyl carbamates (subject to hydrolysis) is 1. The molecular formula is C28H30ClF2N7O4S. The van der Waals surface area contributed by atoms with Gasteiger partial charge in [-0.1, -0.05) is 17.7 Å². The van der Waals surface area contributed by atoms with Crippen LogP contribution in [0.1, 0.15) is 44.1 Å². The maximum Gasteiger partial charge on any atom is 0.407 e. The lowest BCUT2D eigenvalue weighted by Gasteiger charge is -2.34. The number of nitrogens with one attached hydrogen (secondary N) is 4. The lowest BCUT2D eigenvalue weighted by molar-refractivity contribution is 0.168. The molecule has 3 atom stereocenters. The van der Waals surface area contributed by atoms with Gasteiger partial charge < -0.3 is 20.4 Å². The third kappa shape index (κ3) is 6.86. The fraction of sp³-hybridized carbons (Fsp3) is 0.357. The van der Waals surface area contributed by atoms with Crippen molar-refractivity contribution in [3.8, 4) is 11.4 Å². The lowest BCUT2D eigenvalue weighted by atomic mass is 9.83. The van der Waals surface area contributed by atoms with Crippen LogP contribution in [0.15, 0.2) is 58.6 Å². The average Bonchev–Trinajstić information content (AvgIpc) is 3.72. The van der Waals surface area contributed by atoms with Gasteiger partial charge >= 0.3 is 6.09 Å². The minimum Gasteiger partial charge on any atom is -0.453 e. The number of ether oxygens (including phenoxy) is 1.